The zero-order valence-corrected chi connectivity index (χ0v) is 17.1. The second kappa shape index (κ2) is 7.57. The van der Waals surface area contributed by atoms with E-state index < -0.39 is 5.25 Å². The van der Waals surface area contributed by atoms with Crippen LogP contribution in [0, 0.1) is 0 Å². The molecule has 144 valence electrons. The Morgan fingerprint density at radius 2 is 2.14 bits per heavy atom. The minimum absolute atomic E-state index is 0.0417. The number of carbonyl (C=O) groups is 2. The Hall–Kier alpha value is -2.36. The molecule has 1 aliphatic heterocycles. The van der Waals surface area contributed by atoms with Gasteiger partial charge in [-0.15, -0.1) is 23.1 Å². The van der Waals surface area contributed by atoms with Gasteiger partial charge < -0.3 is 15.2 Å². The molecular weight excluding hydrogens is 420 g/mol. The fourth-order valence-corrected chi connectivity index (χ4v) is 4.86. The number of aromatic amines is 1. The first-order chi connectivity index (χ1) is 13.4. The molecule has 0 fully saturated rings. The zero-order valence-electron chi connectivity index (χ0n) is 14.7. The predicted octanol–water partition coefficient (Wildman–Crippen LogP) is 3.10. The van der Waals surface area contributed by atoms with Crippen LogP contribution in [0.15, 0.2) is 39.3 Å². The van der Waals surface area contributed by atoms with E-state index in [4.69, 9.17) is 11.6 Å². The lowest BCUT2D eigenvalue weighted by atomic mass is 10.2. The van der Waals surface area contributed by atoms with Gasteiger partial charge in [-0.25, -0.2) is 4.98 Å². The molecule has 0 bridgehead atoms. The number of thiophene rings is 1. The molecule has 1 aliphatic rings. The van der Waals surface area contributed by atoms with Crippen LogP contribution in [0.3, 0.4) is 0 Å². The van der Waals surface area contributed by atoms with Crippen LogP contribution >= 0.6 is 34.7 Å². The molecule has 2 aromatic heterocycles. The van der Waals surface area contributed by atoms with Crippen molar-refractivity contribution < 1.29 is 9.59 Å². The van der Waals surface area contributed by atoms with Crippen LogP contribution < -0.4 is 10.9 Å². The number of amides is 2. The van der Waals surface area contributed by atoms with Crippen LogP contribution in [-0.4, -0.2) is 39.0 Å². The Bertz CT molecular complexity index is 1140. The first-order valence-electron chi connectivity index (χ1n) is 8.38. The summed E-state index contributed by atoms with van der Waals surface area (Å²) >= 11 is 8.62. The smallest absolute Gasteiger partial charge is 0.268 e. The Morgan fingerprint density at radius 3 is 2.96 bits per heavy atom. The normalized spacial score (nSPS) is 15.9. The van der Waals surface area contributed by atoms with Gasteiger partial charge in [0.2, 0.25) is 11.8 Å². The summed E-state index contributed by atoms with van der Waals surface area (Å²) in [7, 11) is 1.62. The number of halogens is 1. The van der Waals surface area contributed by atoms with Crippen molar-refractivity contribution in [3.8, 4) is 0 Å². The fourth-order valence-electron chi connectivity index (χ4n) is 2.88. The summed E-state index contributed by atoms with van der Waals surface area (Å²) in [5, 5.41) is 4.60. The number of hydrogen-bond acceptors (Lipinski definition) is 6. The van der Waals surface area contributed by atoms with Gasteiger partial charge in [-0.2, -0.15) is 0 Å². The Labute approximate surface area is 173 Å². The summed E-state index contributed by atoms with van der Waals surface area (Å²) in [5.74, 6) is -0.0293. The minimum atomic E-state index is -0.532. The highest BCUT2D eigenvalue weighted by Gasteiger charge is 2.30. The summed E-state index contributed by atoms with van der Waals surface area (Å²) in [6.45, 7) is 0.158. The number of thioether (sulfide) groups is 1. The Kier molecular flexibility index (Phi) is 5.13. The molecule has 0 unspecified atom stereocenters. The number of fused-ring (bicyclic) bond motifs is 2. The number of rotatable bonds is 4. The maximum Gasteiger partial charge on any atom is 0.268 e. The van der Waals surface area contributed by atoms with Gasteiger partial charge in [0, 0.05) is 23.4 Å². The lowest BCUT2D eigenvalue weighted by molar-refractivity contribution is -0.132. The SMILES string of the molecule is CN(Cc1nc2ccsc2c(=O)[nH]1)C(=O)C[C@@H]1Sc2ccc(Cl)cc2NC1=O. The molecule has 0 saturated heterocycles. The maximum atomic E-state index is 12.6. The van der Waals surface area contributed by atoms with Gasteiger partial charge in [0.1, 0.15) is 10.5 Å². The summed E-state index contributed by atoms with van der Waals surface area (Å²) < 4.78 is 0.562. The largest absolute Gasteiger partial charge is 0.338 e. The average molecular weight is 435 g/mol. The highest BCUT2D eigenvalue weighted by molar-refractivity contribution is 8.01. The third-order valence-electron chi connectivity index (χ3n) is 4.30. The van der Waals surface area contributed by atoms with Gasteiger partial charge in [0.25, 0.3) is 5.56 Å². The van der Waals surface area contributed by atoms with E-state index in [1.54, 1.807) is 30.6 Å². The van der Waals surface area contributed by atoms with Crippen molar-refractivity contribution in [2.24, 2.45) is 0 Å². The Morgan fingerprint density at radius 1 is 1.32 bits per heavy atom. The number of nitrogens with one attached hydrogen (secondary N) is 2. The molecule has 7 nitrogen and oxygen atoms in total. The summed E-state index contributed by atoms with van der Waals surface area (Å²) in [5.41, 5.74) is 1.06. The van der Waals surface area contributed by atoms with Crippen molar-refractivity contribution in [3.63, 3.8) is 0 Å². The number of carbonyl (C=O) groups excluding carboxylic acids is 2. The third kappa shape index (κ3) is 3.78. The topological polar surface area (TPSA) is 95.2 Å². The summed E-state index contributed by atoms with van der Waals surface area (Å²) in [6.07, 6.45) is 0.0417. The van der Waals surface area contributed by atoms with Crippen molar-refractivity contribution in [2.45, 2.75) is 23.1 Å². The molecule has 0 aliphatic carbocycles. The molecule has 3 aromatic rings. The molecule has 2 amide bonds. The van der Waals surface area contributed by atoms with Gasteiger partial charge in [0.05, 0.1) is 23.0 Å². The standard InChI is InChI=1S/C18H15ClN4O3S2/c1-23(8-14-20-10-4-5-27-16(10)18(26)22-14)15(24)7-13-17(25)21-11-6-9(19)2-3-12(11)28-13/h2-6,13H,7-8H2,1H3,(H,21,25)(H,20,22,26)/t13-/m0/s1. The molecule has 0 spiro atoms. The first-order valence-corrected chi connectivity index (χ1v) is 10.5. The van der Waals surface area contributed by atoms with E-state index in [9.17, 15) is 14.4 Å². The van der Waals surface area contributed by atoms with Crippen LogP contribution in [0.1, 0.15) is 12.2 Å². The number of anilines is 1. The Balaban J connectivity index is 1.44. The number of H-pyrrole nitrogens is 1. The highest BCUT2D eigenvalue weighted by Crippen LogP contribution is 2.38. The van der Waals surface area contributed by atoms with Gasteiger partial charge in [0.15, 0.2) is 0 Å². The van der Waals surface area contributed by atoms with Gasteiger partial charge in [-0.05, 0) is 29.6 Å². The van der Waals surface area contributed by atoms with Crippen molar-refractivity contribution in [2.75, 3.05) is 12.4 Å². The second-order valence-electron chi connectivity index (χ2n) is 6.34. The number of nitrogens with zero attached hydrogens (tertiary/aromatic N) is 2. The van der Waals surface area contributed by atoms with Gasteiger partial charge >= 0.3 is 0 Å². The van der Waals surface area contributed by atoms with Gasteiger partial charge in [-0.1, -0.05) is 11.6 Å². The average Bonchev–Trinajstić information content (AvgIpc) is 3.11. The van der Waals surface area contributed by atoms with Crippen molar-refractivity contribution in [1.29, 1.82) is 0 Å². The van der Waals surface area contributed by atoms with Crippen LogP contribution in [0.25, 0.3) is 10.2 Å². The van der Waals surface area contributed by atoms with Crippen LogP contribution in [0.2, 0.25) is 5.02 Å². The van der Waals surface area contributed by atoms with E-state index >= 15 is 0 Å². The van der Waals surface area contributed by atoms with E-state index in [-0.39, 0.29) is 30.3 Å². The molecule has 0 radical (unpaired) electrons. The lowest BCUT2D eigenvalue weighted by Crippen LogP contribution is -2.36. The number of hydrogen-bond donors (Lipinski definition) is 2. The molecule has 0 saturated carbocycles. The molecule has 4 rings (SSSR count). The number of aromatic nitrogens is 2. The lowest BCUT2D eigenvalue weighted by Gasteiger charge is -2.25. The van der Waals surface area contributed by atoms with Crippen LogP contribution in [-0.2, 0) is 16.1 Å². The van der Waals surface area contributed by atoms with E-state index in [1.807, 2.05) is 6.07 Å². The van der Waals surface area contributed by atoms with E-state index in [0.29, 0.717) is 26.8 Å². The molecule has 2 N–H and O–H groups in total. The van der Waals surface area contributed by atoms with E-state index in [2.05, 4.69) is 15.3 Å². The predicted molar refractivity (Wildman–Crippen MR) is 111 cm³/mol. The molecule has 3 heterocycles. The molecule has 1 atom stereocenters. The van der Waals surface area contributed by atoms with E-state index in [0.717, 1.165) is 4.90 Å². The van der Waals surface area contributed by atoms with Crippen molar-refractivity contribution in [1.82, 2.24) is 14.9 Å². The summed E-state index contributed by atoms with van der Waals surface area (Å²) in [6, 6.07) is 7.04. The van der Waals surface area contributed by atoms with E-state index in [1.165, 1.54) is 28.0 Å². The van der Waals surface area contributed by atoms with Gasteiger partial charge in [-0.3, -0.25) is 14.4 Å². The van der Waals surface area contributed by atoms with Crippen molar-refractivity contribution in [3.05, 3.63) is 50.8 Å². The molecular formula is C18H15ClN4O3S2. The van der Waals surface area contributed by atoms with Crippen LogP contribution in [0.4, 0.5) is 5.69 Å². The number of benzene rings is 1. The second-order valence-corrected chi connectivity index (χ2v) is 8.93. The maximum absolute atomic E-state index is 12.6. The van der Waals surface area contributed by atoms with Crippen LogP contribution in [0.5, 0.6) is 0 Å². The molecule has 10 heteroatoms. The molecule has 28 heavy (non-hydrogen) atoms. The van der Waals surface area contributed by atoms with Crippen molar-refractivity contribution >= 4 is 62.4 Å². The monoisotopic (exact) mass is 434 g/mol. The summed E-state index contributed by atoms with van der Waals surface area (Å²) in [4.78, 5) is 46.4. The molecule has 1 aromatic carbocycles. The highest BCUT2D eigenvalue weighted by atomic mass is 35.5. The third-order valence-corrected chi connectivity index (χ3v) is 6.71. The first kappa shape index (κ1) is 19.0. The quantitative estimate of drug-likeness (QED) is 0.657. The fraction of sp³-hybridized carbons (Fsp3) is 0.222. The zero-order chi connectivity index (χ0) is 19.8. The minimum Gasteiger partial charge on any atom is -0.338 e.